The van der Waals surface area contributed by atoms with Crippen LogP contribution in [0.3, 0.4) is 0 Å². The summed E-state index contributed by atoms with van der Waals surface area (Å²) in [6.07, 6.45) is 0. The van der Waals surface area contributed by atoms with Crippen molar-refractivity contribution in [2.75, 3.05) is 5.88 Å². The number of rotatable bonds is 2. The smallest absolute Gasteiger partial charge is 0.339 e. The highest BCUT2D eigenvalue weighted by atomic mass is 35.5. The Morgan fingerprint density at radius 1 is 1.33 bits per heavy atom. The fraction of sp³-hybridized carbons (Fsp3) is 0.111. The Bertz CT molecular complexity index is 354. The Balaban J connectivity index is 0.000000336. The topological polar surface area (TPSA) is 101 Å². The minimum atomic E-state index is -1.11. The van der Waals surface area contributed by atoms with Gasteiger partial charge in [0.25, 0.3) is 0 Å². The Hall–Kier alpha value is -1.75. The maximum Gasteiger partial charge on any atom is 0.339 e. The van der Waals surface area contributed by atoms with Gasteiger partial charge in [0, 0.05) is 0 Å². The average molecular weight is 232 g/mol. The number of carbonyl (C=O) groups excluding carboxylic acids is 1. The maximum absolute atomic E-state index is 10.3. The Morgan fingerprint density at radius 2 is 1.80 bits per heavy atom. The molecule has 1 aromatic carbocycles. The number of hydrogen-bond acceptors (Lipinski definition) is 3. The van der Waals surface area contributed by atoms with E-state index in [1.54, 1.807) is 12.1 Å². The second-order valence-electron chi connectivity index (χ2n) is 2.42. The van der Waals surface area contributed by atoms with Gasteiger partial charge in [0.2, 0.25) is 5.91 Å². The molecule has 0 aliphatic rings. The fourth-order valence-corrected chi connectivity index (χ4v) is 0.654. The SMILES string of the molecule is NC(=O)CCl.O=C(O)c1ccccc1O. The Labute approximate surface area is 91.1 Å². The second-order valence-corrected chi connectivity index (χ2v) is 2.69. The van der Waals surface area contributed by atoms with Crippen LogP contribution >= 0.6 is 11.6 Å². The highest BCUT2D eigenvalue weighted by Crippen LogP contribution is 2.14. The molecule has 1 rings (SSSR count). The van der Waals surface area contributed by atoms with Crippen molar-refractivity contribution in [3.63, 3.8) is 0 Å². The summed E-state index contributed by atoms with van der Waals surface area (Å²) in [5, 5.41) is 17.3. The zero-order chi connectivity index (χ0) is 11.8. The van der Waals surface area contributed by atoms with Crippen molar-refractivity contribution in [3.05, 3.63) is 29.8 Å². The summed E-state index contributed by atoms with van der Waals surface area (Å²) >= 11 is 4.86. The number of primary amides is 1. The standard InChI is InChI=1S/C7H6O3.C2H4ClNO/c8-6-4-2-1-3-5(6)7(9)10;3-1-2(4)5/h1-4,8H,(H,9,10);1H2,(H2,4,5). The monoisotopic (exact) mass is 231 g/mol. The number of amides is 1. The van der Waals surface area contributed by atoms with Crippen LogP contribution in [0.2, 0.25) is 0 Å². The van der Waals surface area contributed by atoms with E-state index in [0.717, 1.165) is 0 Å². The molecule has 0 bridgehead atoms. The molecule has 82 valence electrons. The molecular weight excluding hydrogens is 222 g/mol. The number of nitrogens with two attached hydrogens (primary N) is 1. The summed E-state index contributed by atoms with van der Waals surface area (Å²) in [4.78, 5) is 19.7. The quantitative estimate of drug-likeness (QED) is 0.656. The van der Waals surface area contributed by atoms with Crippen LogP contribution in [0.5, 0.6) is 5.75 Å². The van der Waals surface area contributed by atoms with Gasteiger partial charge in [-0.05, 0) is 12.1 Å². The third kappa shape index (κ3) is 5.53. The summed E-state index contributed by atoms with van der Waals surface area (Å²) in [7, 11) is 0. The summed E-state index contributed by atoms with van der Waals surface area (Å²) in [6.45, 7) is 0. The van der Waals surface area contributed by atoms with Gasteiger partial charge in [-0.2, -0.15) is 0 Å². The molecule has 0 atom stereocenters. The van der Waals surface area contributed by atoms with Crippen LogP contribution in [0.1, 0.15) is 10.4 Å². The second kappa shape index (κ2) is 6.67. The predicted molar refractivity (Wildman–Crippen MR) is 55.0 cm³/mol. The van der Waals surface area contributed by atoms with Gasteiger partial charge in [0.05, 0.1) is 0 Å². The van der Waals surface area contributed by atoms with Gasteiger partial charge in [0.15, 0.2) is 0 Å². The lowest BCUT2D eigenvalue weighted by atomic mass is 10.2. The number of halogens is 1. The van der Waals surface area contributed by atoms with E-state index in [-0.39, 0.29) is 17.2 Å². The summed E-state index contributed by atoms with van der Waals surface area (Å²) in [5.41, 5.74) is 4.45. The highest BCUT2D eigenvalue weighted by molar-refractivity contribution is 6.27. The normalized spacial score (nSPS) is 8.60. The number of aromatic hydroxyl groups is 1. The van der Waals surface area contributed by atoms with Gasteiger partial charge in [-0.25, -0.2) is 4.79 Å². The lowest BCUT2D eigenvalue weighted by Gasteiger charge is -1.95. The van der Waals surface area contributed by atoms with Gasteiger partial charge < -0.3 is 15.9 Å². The first-order valence-electron chi connectivity index (χ1n) is 3.84. The molecule has 0 heterocycles. The van der Waals surface area contributed by atoms with E-state index in [0.29, 0.717) is 0 Å². The molecule has 0 saturated heterocycles. The molecule has 1 amide bonds. The minimum Gasteiger partial charge on any atom is -0.507 e. The molecule has 0 unspecified atom stereocenters. The first kappa shape index (κ1) is 13.2. The molecule has 5 nitrogen and oxygen atoms in total. The van der Waals surface area contributed by atoms with Crippen molar-refractivity contribution < 1.29 is 19.8 Å². The largest absolute Gasteiger partial charge is 0.507 e. The van der Waals surface area contributed by atoms with Gasteiger partial charge in [0.1, 0.15) is 17.2 Å². The number of para-hydroxylation sites is 1. The molecule has 15 heavy (non-hydrogen) atoms. The lowest BCUT2D eigenvalue weighted by molar-refractivity contribution is -0.115. The van der Waals surface area contributed by atoms with E-state index in [4.69, 9.17) is 21.8 Å². The minimum absolute atomic E-state index is 0.0671. The van der Waals surface area contributed by atoms with E-state index in [1.165, 1.54) is 12.1 Å². The number of phenols is 1. The molecule has 0 fully saturated rings. The molecule has 1 aromatic rings. The Kier molecular flexibility index (Phi) is 5.89. The number of aromatic carboxylic acids is 1. The molecule has 6 heteroatoms. The van der Waals surface area contributed by atoms with E-state index >= 15 is 0 Å². The fourth-order valence-electron chi connectivity index (χ4n) is 0.654. The van der Waals surface area contributed by atoms with E-state index in [2.05, 4.69) is 5.73 Å². The van der Waals surface area contributed by atoms with Gasteiger partial charge in [-0.15, -0.1) is 11.6 Å². The van der Waals surface area contributed by atoms with Crippen molar-refractivity contribution in [2.24, 2.45) is 5.73 Å². The zero-order valence-electron chi connectivity index (χ0n) is 7.68. The van der Waals surface area contributed by atoms with Crippen LogP contribution in [0, 0.1) is 0 Å². The highest BCUT2D eigenvalue weighted by Gasteiger charge is 2.05. The van der Waals surface area contributed by atoms with Crippen LogP contribution < -0.4 is 5.73 Å². The molecule has 0 aliphatic carbocycles. The molecule has 0 aliphatic heterocycles. The summed E-state index contributed by atoms with van der Waals surface area (Å²) in [6, 6.07) is 5.81. The average Bonchev–Trinajstić information content (AvgIpc) is 2.19. The van der Waals surface area contributed by atoms with E-state index in [9.17, 15) is 9.59 Å². The number of carboxylic acid groups (broad SMARTS) is 1. The lowest BCUT2D eigenvalue weighted by Crippen LogP contribution is -2.10. The number of hydrogen-bond donors (Lipinski definition) is 3. The third-order valence-corrected chi connectivity index (χ3v) is 1.53. The Morgan fingerprint density at radius 3 is 2.07 bits per heavy atom. The molecular formula is C9H10ClNO4. The van der Waals surface area contributed by atoms with Crippen LogP contribution in [0.25, 0.3) is 0 Å². The van der Waals surface area contributed by atoms with Crippen molar-refractivity contribution in [1.82, 2.24) is 0 Å². The zero-order valence-corrected chi connectivity index (χ0v) is 8.44. The number of benzene rings is 1. The summed E-state index contributed by atoms with van der Waals surface area (Å²) < 4.78 is 0. The first-order valence-corrected chi connectivity index (χ1v) is 4.38. The van der Waals surface area contributed by atoms with Crippen molar-refractivity contribution in [3.8, 4) is 5.75 Å². The van der Waals surface area contributed by atoms with Crippen LogP contribution in [-0.4, -0.2) is 28.0 Å². The predicted octanol–water partition coefficient (Wildman–Crippen LogP) is 0.801. The third-order valence-electron chi connectivity index (χ3n) is 1.27. The molecule has 4 N–H and O–H groups in total. The van der Waals surface area contributed by atoms with Crippen molar-refractivity contribution in [2.45, 2.75) is 0 Å². The van der Waals surface area contributed by atoms with Crippen molar-refractivity contribution in [1.29, 1.82) is 0 Å². The van der Waals surface area contributed by atoms with E-state index < -0.39 is 11.9 Å². The molecule has 0 radical (unpaired) electrons. The van der Waals surface area contributed by atoms with Gasteiger partial charge in [-0.1, -0.05) is 12.1 Å². The van der Waals surface area contributed by atoms with E-state index in [1.807, 2.05) is 0 Å². The number of carboxylic acids is 1. The molecule has 0 spiro atoms. The van der Waals surface area contributed by atoms with Crippen molar-refractivity contribution >= 4 is 23.5 Å². The maximum atomic E-state index is 10.3. The van der Waals surface area contributed by atoms with Crippen LogP contribution in [0.4, 0.5) is 0 Å². The summed E-state index contributed by atoms with van der Waals surface area (Å²) in [5.74, 6) is -1.88. The molecule has 0 saturated carbocycles. The van der Waals surface area contributed by atoms with Crippen LogP contribution in [-0.2, 0) is 4.79 Å². The number of alkyl halides is 1. The van der Waals surface area contributed by atoms with Gasteiger partial charge >= 0.3 is 5.97 Å². The number of carbonyl (C=O) groups is 2. The van der Waals surface area contributed by atoms with Crippen LogP contribution in [0.15, 0.2) is 24.3 Å². The molecule has 0 aromatic heterocycles. The van der Waals surface area contributed by atoms with Gasteiger partial charge in [-0.3, -0.25) is 4.79 Å². The first-order chi connectivity index (χ1) is 6.99.